The van der Waals surface area contributed by atoms with Gasteiger partial charge in [0.2, 0.25) is 11.8 Å². The molecule has 1 saturated heterocycles. The number of thiazole rings is 1. The molecule has 0 aliphatic carbocycles. The maximum absolute atomic E-state index is 13.9. The SMILES string of the molecule is Cc1ncsc1-c1ccc(CNC(=O)[C@@H]2C[C@@H](S)CN2C(=O)C(C(C)C)N2Cc3ccccc3C2=O)cc1. The highest BCUT2D eigenvalue weighted by atomic mass is 32.1. The Morgan fingerprint density at radius 1 is 1.16 bits per heavy atom. The Morgan fingerprint density at radius 3 is 2.55 bits per heavy atom. The van der Waals surface area contributed by atoms with Crippen LogP contribution in [0.1, 0.15) is 47.4 Å². The van der Waals surface area contributed by atoms with Gasteiger partial charge in [0.05, 0.1) is 16.1 Å². The van der Waals surface area contributed by atoms with Gasteiger partial charge in [0.15, 0.2) is 0 Å². The molecule has 3 amide bonds. The van der Waals surface area contributed by atoms with Crippen molar-refractivity contribution in [3.05, 3.63) is 76.4 Å². The third-order valence-electron chi connectivity index (χ3n) is 7.36. The van der Waals surface area contributed by atoms with Crippen LogP contribution in [0.15, 0.2) is 54.0 Å². The number of likely N-dealkylation sites (tertiary alicyclic amines) is 1. The number of benzene rings is 2. The minimum atomic E-state index is -0.647. The minimum Gasteiger partial charge on any atom is -0.350 e. The van der Waals surface area contributed by atoms with Gasteiger partial charge in [-0.3, -0.25) is 14.4 Å². The first-order chi connectivity index (χ1) is 18.2. The van der Waals surface area contributed by atoms with Gasteiger partial charge in [-0.15, -0.1) is 11.3 Å². The number of aryl methyl sites for hydroxylation is 1. The van der Waals surface area contributed by atoms with Crippen LogP contribution in [-0.2, 0) is 22.7 Å². The van der Waals surface area contributed by atoms with Crippen LogP contribution in [0.2, 0.25) is 0 Å². The van der Waals surface area contributed by atoms with Gasteiger partial charge in [-0.2, -0.15) is 12.6 Å². The van der Waals surface area contributed by atoms with E-state index < -0.39 is 12.1 Å². The second kappa shape index (κ2) is 10.9. The van der Waals surface area contributed by atoms with E-state index in [9.17, 15) is 14.4 Å². The van der Waals surface area contributed by atoms with Crippen molar-refractivity contribution in [2.75, 3.05) is 6.54 Å². The second-order valence-electron chi connectivity index (χ2n) is 10.4. The summed E-state index contributed by atoms with van der Waals surface area (Å²) in [5.41, 5.74) is 6.49. The minimum absolute atomic E-state index is 0.101. The fourth-order valence-electron chi connectivity index (χ4n) is 5.42. The van der Waals surface area contributed by atoms with Crippen molar-refractivity contribution in [2.45, 2.75) is 57.6 Å². The lowest BCUT2D eigenvalue weighted by molar-refractivity contribution is -0.143. The summed E-state index contributed by atoms with van der Waals surface area (Å²) in [6.07, 6.45) is 0.475. The summed E-state index contributed by atoms with van der Waals surface area (Å²) in [4.78, 5) is 49.1. The molecule has 198 valence electrons. The molecule has 3 atom stereocenters. The number of hydrogen-bond donors (Lipinski definition) is 2. The number of fused-ring (bicyclic) bond motifs is 1. The maximum atomic E-state index is 13.9. The number of hydrogen-bond acceptors (Lipinski definition) is 6. The summed E-state index contributed by atoms with van der Waals surface area (Å²) in [6.45, 7) is 7.02. The number of aromatic nitrogens is 1. The van der Waals surface area contributed by atoms with Crippen LogP contribution in [0.5, 0.6) is 0 Å². The van der Waals surface area contributed by atoms with E-state index in [1.165, 1.54) is 0 Å². The summed E-state index contributed by atoms with van der Waals surface area (Å²) < 4.78 is 0. The van der Waals surface area contributed by atoms with E-state index in [4.69, 9.17) is 0 Å². The lowest BCUT2D eigenvalue weighted by Crippen LogP contribution is -2.55. The third kappa shape index (κ3) is 5.09. The molecule has 1 N–H and O–H groups in total. The zero-order valence-corrected chi connectivity index (χ0v) is 23.5. The van der Waals surface area contributed by atoms with Crippen molar-refractivity contribution in [1.82, 2.24) is 20.1 Å². The number of carbonyl (C=O) groups excluding carboxylic acids is 3. The molecule has 2 aliphatic rings. The first-order valence-electron chi connectivity index (χ1n) is 12.9. The van der Waals surface area contributed by atoms with Crippen molar-refractivity contribution >= 4 is 41.7 Å². The first kappa shape index (κ1) is 26.4. The lowest BCUT2D eigenvalue weighted by atomic mass is 10.0. The van der Waals surface area contributed by atoms with Gasteiger partial charge in [-0.05, 0) is 42.0 Å². The van der Waals surface area contributed by atoms with Gasteiger partial charge in [0.1, 0.15) is 12.1 Å². The van der Waals surface area contributed by atoms with Crippen molar-refractivity contribution in [1.29, 1.82) is 0 Å². The molecule has 7 nitrogen and oxygen atoms in total. The smallest absolute Gasteiger partial charge is 0.255 e. The zero-order chi connectivity index (χ0) is 27.0. The summed E-state index contributed by atoms with van der Waals surface area (Å²) in [5.74, 6) is -0.630. The monoisotopic (exact) mass is 548 g/mol. The molecule has 3 aromatic rings. The Bertz CT molecular complexity index is 1350. The van der Waals surface area contributed by atoms with Gasteiger partial charge >= 0.3 is 0 Å². The van der Waals surface area contributed by atoms with Crippen LogP contribution in [0.3, 0.4) is 0 Å². The van der Waals surface area contributed by atoms with Crippen LogP contribution in [0, 0.1) is 12.8 Å². The highest BCUT2D eigenvalue weighted by Crippen LogP contribution is 2.31. The van der Waals surface area contributed by atoms with E-state index >= 15 is 0 Å². The average molecular weight is 549 g/mol. The topological polar surface area (TPSA) is 82.6 Å². The standard InChI is InChI=1S/C29H32N4O3S2/c1-17(2)25(33-14-21-6-4-5-7-23(21)28(33)35)29(36)32-15-22(37)12-24(32)27(34)30-13-19-8-10-20(11-9-19)26-18(3)31-16-38-26/h4-11,16-17,22,24-25,37H,12-15H2,1-3H3,(H,30,34)/t22-,24+,25?/m1/s1. The summed E-state index contributed by atoms with van der Waals surface area (Å²) in [6, 6.07) is 14.3. The number of carbonyl (C=O) groups is 3. The fraction of sp³-hybridized carbons (Fsp3) is 0.379. The Hall–Kier alpha value is -3.17. The molecular weight excluding hydrogens is 516 g/mol. The van der Waals surface area contributed by atoms with Crippen LogP contribution in [0.25, 0.3) is 10.4 Å². The van der Waals surface area contributed by atoms with Crippen molar-refractivity contribution < 1.29 is 14.4 Å². The average Bonchev–Trinajstić information content (AvgIpc) is 3.60. The Kier molecular flexibility index (Phi) is 7.59. The highest BCUT2D eigenvalue weighted by Gasteiger charge is 2.45. The quantitative estimate of drug-likeness (QED) is 0.431. The van der Waals surface area contributed by atoms with E-state index in [1.54, 1.807) is 27.2 Å². The van der Waals surface area contributed by atoms with Crippen molar-refractivity contribution in [3.63, 3.8) is 0 Å². The second-order valence-corrected chi connectivity index (χ2v) is 11.9. The molecule has 5 rings (SSSR count). The predicted molar refractivity (Wildman–Crippen MR) is 152 cm³/mol. The van der Waals surface area contributed by atoms with Gasteiger partial charge in [-0.1, -0.05) is 56.3 Å². The molecule has 1 aromatic heterocycles. The highest BCUT2D eigenvalue weighted by molar-refractivity contribution is 7.81. The van der Waals surface area contributed by atoms with Gasteiger partial charge in [-0.25, -0.2) is 4.98 Å². The molecule has 0 radical (unpaired) electrons. The van der Waals surface area contributed by atoms with Crippen LogP contribution >= 0.6 is 24.0 Å². The number of nitrogens with zero attached hydrogens (tertiary/aromatic N) is 3. The molecule has 1 fully saturated rings. The molecular formula is C29H32N4O3S2. The molecule has 1 unspecified atom stereocenters. The first-order valence-corrected chi connectivity index (χ1v) is 14.3. The van der Waals surface area contributed by atoms with Crippen LogP contribution < -0.4 is 5.32 Å². The van der Waals surface area contributed by atoms with E-state index in [2.05, 4.69) is 22.9 Å². The zero-order valence-electron chi connectivity index (χ0n) is 21.8. The number of amides is 3. The van der Waals surface area contributed by atoms with Gasteiger partial charge in [0, 0.05) is 30.4 Å². The van der Waals surface area contributed by atoms with E-state index in [0.717, 1.165) is 27.3 Å². The van der Waals surface area contributed by atoms with Crippen LogP contribution in [0.4, 0.5) is 0 Å². The largest absolute Gasteiger partial charge is 0.350 e. The van der Waals surface area contributed by atoms with Gasteiger partial charge in [0.25, 0.3) is 5.91 Å². The molecule has 38 heavy (non-hydrogen) atoms. The number of rotatable bonds is 7. The van der Waals surface area contributed by atoms with Gasteiger partial charge < -0.3 is 15.1 Å². The Balaban J connectivity index is 1.27. The Labute approximate surface area is 232 Å². The molecule has 9 heteroatoms. The predicted octanol–water partition coefficient (Wildman–Crippen LogP) is 4.31. The third-order valence-corrected chi connectivity index (χ3v) is 8.71. The normalized spacial score (nSPS) is 19.7. The molecule has 2 aliphatic heterocycles. The summed E-state index contributed by atoms with van der Waals surface area (Å²) in [7, 11) is 0. The lowest BCUT2D eigenvalue weighted by Gasteiger charge is -2.35. The van der Waals surface area contributed by atoms with E-state index in [0.29, 0.717) is 31.6 Å². The fourth-order valence-corrected chi connectivity index (χ4v) is 6.60. The Morgan fingerprint density at radius 2 is 1.89 bits per heavy atom. The van der Waals surface area contributed by atoms with Crippen molar-refractivity contribution in [3.8, 4) is 10.4 Å². The maximum Gasteiger partial charge on any atom is 0.255 e. The molecule has 0 spiro atoms. The molecule has 3 heterocycles. The number of thiol groups is 1. The van der Waals surface area contributed by atoms with E-state index in [1.807, 2.05) is 68.7 Å². The van der Waals surface area contributed by atoms with E-state index in [-0.39, 0.29) is 28.9 Å². The summed E-state index contributed by atoms with van der Waals surface area (Å²) in [5, 5.41) is 2.91. The van der Waals surface area contributed by atoms with Crippen molar-refractivity contribution in [2.24, 2.45) is 5.92 Å². The molecule has 0 bridgehead atoms. The molecule has 0 saturated carbocycles. The summed E-state index contributed by atoms with van der Waals surface area (Å²) >= 11 is 6.22. The number of nitrogens with one attached hydrogen (secondary N) is 1. The van der Waals surface area contributed by atoms with Crippen LogP contribution in [-0.4, -0.2) is 56.4 Å². The molecule has 2 aromatic carbocycles.